The van der Waals surface area contributed by atoms with Gasteiger partial charge in [-0.1, -0.05) is 51.5 Å². The molecule has 0 saturated carbocycles. The molecule has 0 fully saturated rings. The van der Waals surface area contributed by atoms with Gasteiger partial charge in [-0.3, -0.25) is 0 Å². The van der Waals surface area contributed by atoms with E-state index in [0.717, 1.165) is 30.4 Å². The van der Waals surface area contributed by atoms with Gasteiger partial charge in [0.05, 0.1) is 7.11 Å². The monoisotopic (exact) mass is 260 g/mol. The van der Waals surface area contributed by atoms with Gasteiger partial charge in [-0.05, 0) is 35.5 Å². The van der Waals surface area contributed by atoms with E-state index in [-0.39, 0.29) is 5.97 Å². The number of hydrogen-bond donors (Lipinski definition) is 0. The van der Waals surface area contributed by atoms with E-state index >= 15 is 0 Å². The van der Waals surface area contributed by atoms with Gasteiger partial charge < -0.3 is 4.74 Å². The van der Waals surface area contributed by atoms with Crippen LogP contribution in [0.3, 0.4) is 0 Å². The number of benzene rings is 1. The lowest BCUT2D eigenvalue weighted by Crippen LogP contribution is -1.98. The van der Waals surface area contributed by atoms with Crippen LogP contribution in [0.4, 0.5) is 0 Å². The zero-order valence-electron chi connectivity index (χ0n) is 12.4. The summed E-state index contributed by atoms with van der Waals surface area (Å²) in [6, 6.07) is 8.50. The number of carbonyl (C=O) groups excluding carboxylic acids is 1. The van der Waals surface area contributed by atoms with Gasteiger partial charge in [0.15, 0.2) is 0 Å². The molecule has 0 heterocycles. The van der Waals surface area contributed by atoms with Crippen LogP contribution < -0.4 is 0 Å². The van der Waals surface area contributed by atoms with E-state index in [1.807, 2.05) is 0 Å². The van der Waals surface area contributed by atoms with Gasteiger partial charge in [-0.25, -0.2) is 4.79 Å². The first-order chi connectivity index (χ1) is 9.06. The smallest absolute Gasteiger partial charge is 0.330 e. The third-order valence-electron chi connectivity index (χ3n) is 2.98. The third-order valence-corrected chi connectivity index (χ3v) is 2.98. The fraction of sp³-hybridized carbons (Fsp3) is 0.471. The van der Waals surface area contributed by atoms with Gasteiger partial charge in [0.25, 0.3) is 0 Å². The molecule has 2 nitrogen and oxygen atoms in total. The van der Waals surface area contributed by atoms with Crippen LogP contribution >= 0.6 is 0 Å². The molecule has 1 aromatic rings. The van der Waals surface area contributed by atoms with Crippen molar-refractivity contribution < 1.29 is 9.53 Å². The van der Waals surface area contributed by atoms with Crippen LogP contribution in [0.25, 0.3) is 5.57 Å². The number of carbonyl (C=O) groups is 1. The molecule has 0 aromatic heterocycles. The van der Waals surface area contributed by atoms with Crippen molar-refractivity contribution in [3.05, 3.63) is 41.5 Å². The van der Waals surface area contributed by atoms with Gasteiger partial charge in [-0.2, -0.15) is 0 Å². The van der Waals surface area contributed by atoms with Crippen molar-refractivity contribution >= 4 is 11.5 Å². The van der Waals surface area contributed by atoms with Gasteiger partial charge in [-0.15, -0.1) is 0 Å². The van der Waals surface area contributed by atoms with Gasteiger partial charge >= 0.3 is 5.97 Å². The molecule has 0 aliphatic heterocycles. The third kappa shape index (κ3) is 5.29. The predicted molar refractivity (Wildman–Crippen MR) is 79.9 cm³/mol. The zero-order chi connectivity index (χ0) is 14.3. The standard InChI is InChI=1S/C17H24O2/c1-5-6-16(12-17(18)19-4)15-9-7-14(8-10-15)11-13(2)3/h7-10,12-13H,5-6,11H2,1-4H3. The van der Waals surface area contributed by atoms with Crippen molar-refractivity contribution in [2.45, 2.75) is 40.0 Å². The van der Waals surface area contributed by atoms with Crippen molar-refractivity contribution in [2.24, 2.45) is 5.92 Å². The summed E-state index contributed by atoms with van der Waals surface area (Å²) in [5, 5.41) is 0. The van der Waals surface area contributed by atoms with Crippen LogP contribution in [0.15, 0.2) is 30.3 Å². The van der Waals surface area contributed by atoms with E-state index in [2.05, 4.69) is 45.0 Å². The summed E-state index contributed by atoms with van der Waals surface area (Å²) in [7, 11) is 1.41. The minimum atomic E-state index is -0.283. The second kappa shape index (κ2) is 7.78. The molecule has 0 atom stereocenters. The maximum absolute atomic E-state index is 11.4. The first-order valence-corrected chi connectivity index (χ1v) is 6.94. The maximum atomic E-state index is 11.4. The zero-order valence-corrected chi connectivity index (χ0v) is 12.4. The second-order valence-corrected chi connectivity index (χ2v) is 5.24. The summed E-state index contributed by atoms with van der Waals surface area (Å²) in [5.41, 5.74) is 3.50. The molecular formula is C17H24O2. The summed E-state index contributed by atoms with van der Waals surface area (Å²) in [6.45, 7) is 6.54. The summed E-state index contributed by atoms with van der Waals surface area (Å²) in [5.74, 6) is 0.376. The van der Waals surface area contributed by atoms with Crippen LogP contribution in [-0.2, 0) is 16.0 Å². The van der Waals surface area contributed by atoms with Crippen LogP contribution in [0.5, 0.6) is 0 Å². The average Bonchev–Trinajstić information content (AvgIpc) is 2.38. The summed E-state index contributed by atoms with van der Waals surface area (Å²) in [6.07, 6.45) is 4.58. The molecule has 1 rings (SSSR count). The Balaban J connectivity index is 2.91. The topological polar surface area (TPSA) is 26.3 Å². The fourth-order valence-corrected chi connectivity index (χ4v) is 2.10. The highest BCUT2D eigenvalue weighted by atomic mass is 16.5. The molecule has 0 amide bonds. The molecule has 19 heavy (non-hydrogen) atoms. The number of rotatable bonds is 6. The minimum absolute atomic E-state index is 0.283. The molecule has 0 radical (unpaired) electrons. The normalized spacial score (nSPS) is 11.7. The first kappa shape index (κ1) is 15.5. The van der Waals surface area contributed by atoms with Gasteiger partial charge in [0.2, 0.25) is 0 Å². The quantitative estimate of drug-likeness (QED) is 0.565. The summed E-state index contributed by atoms with van der Waals surface area (Å²) in [4.78, 5) is 11.4. The van der Waals surface area contributed by atoms with Gasteiger partial charge in [0.1, 0.15) is 0 Å². The Hall–Kier alpha value is -1.57. The Labute approximate surface area is 116 Å². The van der Waals surface area contributed by atoms with E-state index in [0.29, 0.717) is 5.92 Å². The molecular weight excluding hydrogens is 236 g/mol. The minimum Gasteiger partial charge on any atom is -0.466 e. The molecule has 0 aliphatic carbocycles. The maximum Gasteiger partial charge on any atom is 0.330 e. The van der Waals surface area contributed by atoms with E-state index < -0.39 is 0 Å². The number of esters is 1. The summed E-state index contributed by atoms with van der Waals surface area (Å²) >= 11 is 0. The Kier molecular flexibility index (Phi) is 6.34. The Morgan fingerprint density at radius 2 is 1.89 bits per heavy atom. The van der Waals surface area contributed by atoms with Crippen molar-refractivity contribution in [1.82, 2.24) is 0 Å². The SMILES string of the molecule is CCCC(=CC(=O)OC)c1ccc(CC(C)C)cc1. The van der Waals surface area contributed by atoms with E-state index in [1.165, 1.54) is 12.7 Å². The molecule has 0 aliphatic rings. The molecule has 104 valence electrons. The highest BCUT2D eigenvalue weighted by molar-refractivity contribution is 5.91. The van der Waals surface area contributed by atoms with Crippen LogP contribution in [0.2, 0.25) is 0 Å². The van der Waals surface area contributed by atoms with Crippen LogP contribution in [0.1, 0.15) is 44.7 Å². The van der Waals surface area contributed by atoms with Gasteiger partial charge in [0, 0.05) is 6.08 Å². The highest BCUT2D eigenvalue weighted by Gasteiger charge is 2.05. The molecule has 2 heteroatoms. The van der Waals surface area contributed by atoms with Crippen molar-refractivity contribution in [3.63, 3.8) is 0 Å². The number of hydrogen-bond acceptors (Lipinski definition) is 2. The molecule has 0 unspecified atom stereocenters. The lowest BCUT2D eigenvalue weighted by molar-refractivity contribution is -0.134. The Morgan fingerprint density at radius 1 is 1.26 bits per heavy atom. The Morgan fingerprint density at radius 3 is 2.37 bits per heavy atom. The molecule has 0 spiro atoms. The molecule has 0 saturated heterocycles. The fourth-order valence-electron chi connectivity index (χ4n) is 2.10. The van der Waals surface area contributed by atoms with Crippen LogP contribution in [-0.4, -0.2) is 13.1 Å². The molecule has 1 aromatic carbocycles. The molecule has 0 bridgehead atoms. The van der Waals surface area contributed by atoms with E-state index in [4.69, 9.17) is 4.74 Å². The number of ether oxygens (including phenoxy) is 1. The average molecular weight is 260 g/mol. The lowest BCUT2D eigenvalue weighted by atomic mass is 9.97. The Bertz CT molecular complexity index is 427. The van der Waals surface area contributed by atoms with Crippen molar-refractivity contribution in [1.29, 1.82) is 0 Å². The highest BCUT2D eigenvalue weighted by Crippen LogP contribution is 2.21. The largest absolute Gasteiger partial charge is 0.466 e. The van der Waals surface area contributed by atoms with E-state index in [1.54, 1.807) is 6.08 Å². The van der Waals surface area contributed by atoms with E-state index in [9.17, 15) is 4.79 Å². The predicted octanol–water partition coefficient (Wildman–Crippen LogP) is 4.24. The lowest BCUT2D eigenvalue weighted by Gasteiger charge is -2.09. The summed E-state index contributed by atoms with van der Waals surface area (Å²) < 4.78 is 4.71. The van der Waals surface area contributed by atoms with Crippen LogP contribution in [0, 0.1) is 5.92 Å². The van der Waals surface area contributed by atoms with Crippen molar-refractivity contribution in [3.8, 4) is 0 Å². The molecule has 0 N–H and O–H groups in total. The van der Waals surface area contributed by atoms with Crippen molar-refractivity contribution in [2.75, 3.05) is 7.11 Å². The number of methoxy groups -OCH3 is 1. The first-order valence-electron chi connectivity index (χ1n) is 6.94. The number of allylic oxidation sites excluding steroid dienone is 1. The second-order valence-electron chi connectivity index (χ2n) is 5.24.